The SMILES string of the molecule is COc1ccc(C)c2sc(N(CC[NH+](C)C)C(=O)c3ccc(C#N)cc3)nc12. The summed E-state index contributed by atoms with van der Waals surface area (Å²) in [5, 5.41) is 9.64. The molecule has 7 heteroatoms. The summed E-state index contributed by atoms with van der Waals surface area (Å²) in [6.07, 6.45) is 0. The molecule has 3 rings (SSSR count). The fourth-order valence-corrected chi connectivity index (χ4v) is 3.92. The average molecular weight is 396 g/mol. The van der Waals surface area contributed by atoms with Gasteiger partial charge < -0.3 is 9.64 Å². The van der Waals surface area contributed by atoms with E-state index in [0.29, 0.717) is 28.6 Å². The number of anilines is 1. The fraction of sp³-hybridized carbons (Fsp3) is 0.286. The smallest absolute Gasteiger partial charge is 0.260 e. The Hall–Kier alpha value is -2.95. The van der Waals surface area contributed by atoms with Crippen LogP contribution in [0.15, 0.2) is 36.4 Å². The number of rotatable bonds is 6. The topological polar surface area (TPSA) is 70.7 Å². The van der Waals surface area contributed by atoms with Gasteiger partial charge in [0.05, 0.1) is 50.6 Å². The number of quaternary nitrogens is 1. The second kappa shape index (κ2) is 8.38. The van der Waals surface area contributed by atoms with Crippen LogP contribution in [0, 0.1) is 18.3 Å². The van der Waals surface area contributed by atoms with Crippen molar-refractivity contribution in [3.8, 4) is 11.8 Å². The number of ether oxygens (including phenoxy) is 1. The first-order valence-electron chi connectivity index (χ1n) is 8.99. The van der Waals surface area contributed by atoms with Crippen LogP contribution in [0.3, 0.4) is 0 Å². The Kier molecular flexibility index (Phi) is 5.93. The van der Waals surface area contributed by atoms with Crippen LogP contribution in [0.25, 0.3) is 10.2 Å². The highest BCUT2D eigenvalue weighted by Crippen LogP contribution is 2.36. The number of nitriles is 1. The maximum Gasteiger partial charge on any atom is 0.260 e. The lowest BCUT2D eigenvalue weighted by molar-refractivity contribution is -0.856. The molecule has 0 aliphatic carbocycles. The van der Waals surface area contributed by atoms with E-state index in [1.54, 1.807) is 36.3 Å². The number of fused-ring (bicyclic) bond motifs is 1. The van der Waals surface area contributed by atoms with Crippen LogP contribution in [-0.2, 0) is 0 Å². The molecule has 0 saturated carbocycles. The van der Waals surface area contributed by atoms with Crippen LogP contribution in [0.4, 0.5) is 5.13 Å². The number of hydrogen-bond acceptors (Lipinski definition) is 5. The van der Waals surface area contributed by atoms with Gasteiger partial charge in [-0.3, -0.25) is 9.69 Å². The summed E-state index contributed by atoms with van der Waals surface area (Å²) < 4.78 is 6.47. The Balaban J connectivity index is 2.04. The number of nitrogens with one attached hydrogen (secondary N) is 1. The Morgan fingerprint density at radius 3 is 2.57 bits per heavy atom. The van der Waals surface area contributed by atoms with Gasteiger partial charge in [-0.05, 0) is 42.8 Å². The minimum atomic E-state index is -0.124. The van der Waals surface area contributed by atoms with Gasteiger partial charge in [0.15, 0.2) is 5.13 Å². The van der Waals surface area contributed by atoms with Gasteiger partial charge in [0, 0.05) is 5.56 Å². The van der Waals surface area contributed by atoms with E-state index in [9.17, 15) is 4.79 Å². The number of benzene rings is 2. The van der Waals surface area contributed by atoms with Gasteiger partial charge in [0.25, 0.3) is 5.91 Å². The third-order valence-corrected chi connectivity index (χ3v) is 5.70. The molecule has 0 saturated heterocycles. The van der Waals surface area contributed by atoms with Crippen molar-refractivity contribution in [1.82, 2.24) is 4.98 Å². The van der Waals surface area contributed by atoms with E-state index in [4.69, 9.17) is 15.0 Å². The molecule has 144 valence electrons. The van der Waals surface area contributed by atoms with Crippen LogP contribution in [0.5, 0.6) is 5.75 Å². The molecule has 0 fully saturated rings. The molecule has 0 bridgehead atoms. The lowest BCUT2D eigenvalue weighted by Gasteiger charge is -2.20. The van der Waals surface area contributed by atoms with Crippen molar-refractivity contribution in [3.63, 3.8) is 0 Å². The standard InChI is InChI=1S/C21H22N4O2S/c1-14-5-10-17(27-4)18-19(14)28-21(23-18)25(12-11-24(2)3)20(26)16-8-6-15(13-22)7-9-16/h5-10H,11-12H2,1-4H3/p+1. The van der Waals surface area contributed by atoms with Crippen LogP contribution in [0.2, 0.25) is 0 Å². The molecule has 28 heavy (non-hydrogen) atoms. The maximum absolute atomic E-state index is 13.2. The van der Waals surface area contributed by atoms with E-state index in [-0.39, 0.29) is 5.91 Å². The van der Waals surface area contributed by atoms with E-state index >= 15 is 0 Å². The molecular weight excluding hydrogens is 372 g/mol. The number of hydrogen-bond donors (Lipinski definition) is 1. The van der Waals surface area contributed by atoms with Gasteiger partial charge in [-0.25, -0.2) is 4.98 Å². The van der Waals surface area contributed by atoms with Crippen molar-refractivity contribution in [2.45, 2.75) is 6.92 Å². The van der Waals surface area contributed by atoms with Gasteiger partial charge in [-0.1, -0.05) is 17.4 Å². The number of aryl methyl sites for hydroxylation is 1. The Morgan fingerprint density at radius 1 is 1.25 bits per heavy atom. The van der Waals surface area contributed by atoms with E-state index in [1.165, 1.54) is 16.2 Å². The first-order chi connectivity index (χ1) is 13.4. The zero-order chi connectivity index (χ0) is 20.3. The van der Waals surface area contributed by atoms with Crippen molar-refractivity contribution in [2.24, 2.45) is 0 Å². The summed E-state index contributed by atoms with van der Waals surface area (Å²) in [5.41, 5.74) is 2.94. The molecule has 0 aliphatic rings. The van der Waals surface area contributed by atoms with Gasteiger partial charge in [-0.2, -0.15) is 5.26 Å². The molecule has 0 aliphatic heterocycles. The minimum absolute atomic E-state index is 0.124. The van der Waals surface area contributed by atoms with Gasteiger partial charge >= 0.3 is 0 Å². The minimum Gasteiger partial charge on any atom is -0.494 e. The number of carbonyl (C=O) groups is 1. The average Bonchev–Trinajstić information content (AvgIpc) is 3.14. The number of amides is 1. The van der Waals surface area contributed by atoms with E-state index in [0.717, 1.165) is 22.3 Å². The van der Waals surface area contributed by atoms with Gasteiger partial charge in [-0.15, -0.1) is 0 Å². The second-order valence-corrected chi connectivity index (χ2v) is 7.84. The first-order valence-corrected chi connectivity index (χ1v) is 9.81. The number of aromatic nitrogens is 1. The summed E-state index contributed by atoms with van der Waals surface area (Å²) >= 11 is 1.50. The number of methoxy groups -OCH3 is 1. The second-order valence-electron chi connectivity index (χ2n) is 6.86. The lowest BCUT2D eigenvalue weighted by Crippen LogP contribution is -3.06. The van der Waals surface area contributed by atoms with E-state index < -0.39 is 0 Å². The molecule has 1 heterocycles. The lowest BCUT2D eigenvalue weighted by atomic mass is 10.1. The van der Waals surface area contributed by atoms with Crippen molar-refractivity contribution in [1.29, 1.82) is 5.26 Å². The highest BCUT2D eigenvalue weighted by atomic mass is 32.1. The predicted octanol–water partition coefficient (Wildman–Crippen LogP) is 2.28. The third kappa shape index (κ3) is 3.98. The fourth-order valence-electron chi connectivity index (χ4n) is 2.84. The van der Waals surface area contributed by atoms with Crippen molar-refractivity contribution in [2.75, 3.05) is 39.2 Å². The van der Waals surface area contributed by atoms with Gasteiger partial charge in [0.1, 0.15) is 11.3 Å². The Morgan fingerprint density at radius 2 is 1.96 bits per heavy atom. The van der Waals surface area contributed by atoms with Crippen LogP contribution in [0.1, 0.15) is 21.5 Å². The first kappa shape index (κ1) is 19.8. The van der Waals surface area contributed by atoms with Gasteiger partial charge in [0.2, 0.25) is 0 Å². The molecular formula is C21H23N4O2S+. The van der Waals surface area contributed by atoms with Crippen LogP contribution in [-0.4, -0.2) is 45.2 Å². The summed E-state index contributed by atoms with van der Waals surface area (Å²) in [7, 11) is 5.73. The van der Waals surface area contributed by atoms with Crippen molar-refractivity contribution >= 4 is 32.6 Å². The van der Waals surface area contributed by atoms with E-state index in [1.807, 2.05) is 19.1 Å². The molecule has 0 atom stereocenters. The molecule has 0 spiro atoms. The zero-order valence-corrected chi connectivity index (χ0v) is 17.3. The largest absolute Gasteiger partial charge is 0.494 e. The molecule has 2 aromatic carbocycles. The highest BCUT2D eigenvalue weighted by Gasteiger charge is 2.23. The molecule has 0 radical (unpaired) electrons. The molecule has 0 unspecified atom stereocenters. The maximum atomic E-state index is 13.2. The molecule has 1 amide bonds. The number of likely N-dealkylation sites (N-methyl/N-ethyl adjacent to an activating group) is 1. The summed E-state index contributed by atoms with van der Waals surface area (Å²) in [6.45, 7) is 3.36. The van der Waals surface area contributed by atoms with Crippen LogP contribution >= 0.6 is 11.3 Å². The number of nitrogens with zero attached hydrogens (tertiary/aromatic N) is 3. The normalized spacial score (nSPS) is 10.9. The summed E-state index contributed by atoms with van der Waals surface area (Å²) in [6, 6.07) is 12.7. The number of thiazole rings is 1. The summed E-state index contributed by atoms with van der Waals surface area (Å²) in [5.74, 6) is 0.577. The molecule has 6 nitrogen and oxygen atoms in total. The van der Waals surface area contributed by atoms with Crippen LogP contribution < -0.4 is 14.5 Å². The quantitative estimate of drug-likeness (QED) is 0.695. The highest BCUT2D eigenvalue weighted by molar-refractivity contribution is 7.22. The Labute approximate surface area is 168 Å². The van der Waals surface area contributed by atoms with Crippen molar-refractivity contribution < 1.29 is 14.4 Å². The molecule has 1 aromatic heterocycles. The predicted molar refractivity (Wildman–Crippen MR) is 111 cm³/mol. The number of carbonyl (C=O) groups excluding carboxylic acids is 1. The Bertz CT molecular complexity index is 1030. The van der Waals surface area contributed by atoms with E-state index in [2.05, 4.69) is 20.2 Å². The zero-order valence-electron chi connectivity index (χ0n) is 16.4. The van der Waals surface area contributed by atoms with Crippen molar-refractivity contribution in [3.05, 3.63) is 53.1 Å². The molecule has 3 aromatic rings. The summed E-state index contributed by atoms with van der Waals surface area (Å²) in [4.78, 5) is 20.9. The monoisotopic (exact) mass is 395 g/mol. The molecule has 1 N–H and O–H groups in total. The third-order valence-electron chi connectivity index (χ3n) is 4.48.